The third kappa shape index (κ3) is 15.3. The van der Waals surface area contributed by atoms with Gasteiger partial charge in [0.25, 0.3) is 0 Å². The van der Waals surface area contributed by atoms with Gasteiger partial charge in [0.15, 0.2) is 0 Å². The van der Waals surface area contributed by atoms with E-state index in [-0.39, 0.29) is 7.43 Å². The highest BCUT2D eigenvalue weighted by Gasteiger charge is 2.14. The first-order valence-electron chi connectivity index (χ1n) is 14.6. The zero-order valence-corrected chi connectivity index (χ0v) is 27.5. The normalized spacial score (nSPS) is 13.8. The smallest absolute Gasteiger partial charge is 0.0216 e. The Bertz CT molecular complexity index is 664. The van der Waals surface area contributed by atoms with Gasteiger partial charge in [-0.1, -0.05) is 128 Å². The predicted octanol–water partition coefficient (Wildman–Crippen LogP) is 12.8. The lowest BCUT2D eigenvalue weighted by Gasteiger charge is -2.22. The van der Waals surface area contributed by atoms with Crippen LogP contribution in [0.2, 0.25) is 0 Å². The van der Waals surface area contributed by atoms with Gasteiger partial charge in [-0.2, -0.15) is 0 Å². The molecule has 1 aromatic carbocycles. The van der Waals surface area contributed by atoms with Crippen LogP contribution in [0.4, 0.5) is 0 Å². The Balaban J connectivity index is -0.000000456. The fourth-order valence-electron chi connectivity index (χ4n) is 3.90. The van der Waals surface area contributed by atoms with E-state index in [1.54, 1.807) is 11.1 Å². The minimum Gasteiger partial charge on any atom is -0.0776 e. The molecule has 0 heterocycles. The first kappa shape index (κ1) is 39.5. The van der Waals surface area contributed by atoms with Crippen molar-refractivity contribution in [2.75, 3.05) is 0 Å². The summed E-state index contributed by atoms with van der Waals surface area (Å²) in [5.74, 6) is 6.13. The molecular weight excluding hydrogens is 432 g/mol. The average molecular weight is 503 g/mol. The van der Waals surface area contributed by atoms with Crippen molar-refractivity contribution in [2.45, 2.75) is 150 Å². The lowest BCUT2D eigenvalue weighted by Crippen LogP contribution is -2.12. The summed E-state index contributed by atoms with van der Waals surface area (Å²) in [7, 11) is 0. The van der Waals surface area contributed by atoms with Crippen molar-refractivity contribution >= 4 is 0 Å². The van der Waals surface area contributed by atoms with Crippen molar-refractivity contribution in [3.63, 3.8) is 0 Å². The van der Waals surface area contributed by atoms with Crippen molar-refractivity contribution in [2.24, 2.45) is 35.5 Å². The molecule has 0 saturated carbocycles. The molecule has 0 aromatic heterocycles. The molecule has 36 heavy (non-hydrogen) atoms. The largest absolute Gasteiger partial charge is 0.0776 e. The van der Waals surface area contributed by atoms with E-state index in [1.165, 1.54) is 28.7 Å². The van der Waals surface area contributed by atoms with Gasteiger partial charge in [0.05, 0.1) is 0 Å². The quantitative estimate of drug-likeness (QED) is 0.310. The molecule has 214 valence electrons. The summed E-state index contributed by atoms with van der Waals surface area (Å²) in [6.07, 6.45) is 1.38. The van der Waals surface area contributed by atoms with Crippen molar-refractivity contribution in [1.29, 1.82) is 0 Å². The van der Waals surface area contributed by atoms with E-state index >= 15 is 0 Å². The van der Waals surface area contributed by atoms with Crippen LogP contribution >= 0.6 is 0 Å². The Kier molecular flexibility index (Phi) is 20.9. The van der Waals surface area contributed by atoms with Crippen LogP contribution in [0.15, 0.2) is 23.3 Å². The van der Waals surface area contributed by atoms with Crippen molar-refractivity contribution in [1.82, 2.24) is 0 Å². The van der Waals surface area contributed by atoms with E-state index in [0.29, 0.717) is 23.7 Å². The molecule has 0 amide bonds. The lowest BCUT2D eigenvalue weighted by atomic mass is 9.84. The van der Waals surface area contributed by atoms with Crippen molar-refractivity contribution in [3.05, 3.63) is 45.5 Å². The molecule has 0 bridgehead atoms. The minimum absolute atomic E-state index is 0. The van der Waals surface area contributed by atoms with E-state index in [0.717, 1.165) is 23.7 Å². The molecule has 0 radical (unpaired) electrons. The van der Waals surface area contributed by atoms with E-state index in [2.05, 4.69) is 137 Å². The van der Waals surface area contributed by atoms with Crippen LogP contribution in [0.1, 0.15) is 159 Å². The average Bonchev–Trinajstić information content (AvgIpc) is 2.74. The number of hydrogen-bond acceptors (Lipinski definition) is 0. The first-order chi connectivity index (χ1) is 15.8. The van der Waals surface area contributed by atoms with Crippen molar-refractivity contribution < 1.29 is 0 Å². The summed E-state index contributed by atoms with van der Waals surface area (Å²) < 4.78 is 0. The first-order valence-corrected chi connectivity index (χ1v) is 14.6. The second kappa shape index (κ2) is 19.1. The van der Waals surface area contributed by atoms with Crippen LogP contribution in [0.25, 0.3) is 0 Å². The van der Waals surface area contributed by atoms with Gasteiger partial charge in [-0.3, -0.25) is 0 Å². The van der Waals surface area contributed by atoms with Crippen LogP contribution in [0, 0.1) is 49.4 Å². The number of rotatable bonds is 8. The Morgan fingerprint density at radius 1 is 0.528 bits per heavy atom. The van der Waals surface area contributed by atoms with Gasteiger partial charge in [0.2, 0.25) is 0 Å². The van der Waals surface area contributed by atoms with Gasteiger partial charge in [-0.05, 0) is 104 Å². The predicted molar refractivity (Wildman–Crippen MR) is 171 cm³/mol. The van der Waals surface area contributed by atoms with Gasteiger partial charge >= 0.3 is 0 Å². The molecule has 0 aliphatic carbocycles. The van der Waals surface area contributed by atoms with E-state index in [9.17, 15) is 0 Å². The van der Waals surface area contributed by atoms with Gasteiger partial charge in [0.1, 0.15) is 0 Å². The molecule has 0 spiro atoms. The Morgan fingerprint density at radius 2 is 0.778 bits per heavy atom. The fraction of sp³-hybridized carbons (Fsp3) is 0.778. The molecule has 1 rings (SSSR count). The van der Waals surface area contributed by atoms with Gasteiger partial charge in [0, 0.05) is 0 Å². The maximum Gasteiger partial charge on any atom is -0.0216 e. The third-order valence-corrected chi connectivity index (χ3v) is 8.32. The third-order valence-electron chi connectivity index (χ3n) is 8.32. The van der Waals surface area contributed by atoms with Crippen LogP contribution in [0.5, 0.6) is 0 Å². The summed E-state index contributed by atoms with van der Waals surface area (Å²) in [6, 6.07) is 4.71. The maximum atomic E-state index is 2.36. The molecular formula is C36H70. The molecule has 0 fully saturated rings. The van der Waals surface area contributed by atoms with Gasteiger partial charge in [-0.15, -0.1) is 0 Å². The standard InChI is InChI=1S/C14H22.C11H24.C10H20.CH4/c1-9(2)13-7-11(5)12(6)8-14(13)10(3)4;1-8(2)10(5)7-11(6)9(3)4;1-7(2)9(5)10(6)8(3)4;/h7-10H,1-6H3;8-11H,7H2,1-6H3;7-8H,1-6H3;1H4/b;;10-9-;. The summed E-state index contributed by atoms with van der Waals surface area (Å²) in [5, 5.41) is 0. The summed E-state index contributed by atoms with van der Waals surface area (Å²) >= 11 is 0. The molecule has 1 aromatic rings. The highest BCUT2D eigenvalue weighted by molar-refractivity contribution is 5.40. The monoisotopic (exact) mass is 503 g/mol. The molecule has 0 saturated heterocycles. The number of benzene rings is 1. The molecule has 0 nitrogen and oxygen atoms in total. The van der Waals surface area contributed by atoms with Crippen molar-refractivity contribution in [3.8, 4) is 0 Å². The topological polar surface area (TPSA) is 0 Å². The Labute approximate surface area is 231 Å². The molecule has 2 unspecified atom stereocenters. The zero-order valence-electron chi connectivity index (χ0n) is 27.5. The lowest BCUT2D eigenvalue weighted by molar-refractivity contribution is 0.283. The van der Waals surface area contributed by atoms with E-state index in [4.69, 9.17) is 0 Å². The van der Waals surface area contributed by atoms with Crippen LogP contribution in [0.3, 0.4) is 0 Å². The van der Waals surface area contributed by atoms with E-state index in [1.807, 2.05) is 0 Å². The van der Waals surface area contributed by atoms with Crippen LogP contribution in [-0.2, 0) is 0 Å². The van der Waals surface area contributed by atoms with Gasteiger partial charge in [-0.25, -0.2) is 0 Å². The molecule has 0 heteroatoms. The summed E-state index contributed by atoms with van der Waals surface area (Å²) in [4.78, 5) is 0. The summed E-state index contributed by atoms with van der Waals surface area (Å²) in [5.41, 5.74) is 8.97. The highest BCUT2D eigenvalue weighted by Crippen LogP contribution is 2.29. The maximum absolute atomic E-state index is 2.36. The minimum atomic E-state index is 0. The summed E-state index contributed by atoms with van der Waals surface area (Å²) in [6.45, 7) is 41.0. The van der Waals surface area contributed by atoms with Crippen LogP contribution < -0.4 is 0 Å². The van der Waals surface area contributed by atoms with Gasteiger partial charge < -0.3 is 0 Å². The zero-order chi connectivity index (χ0) is 28.2. The number of allylic oxidation sites excluding steroid dienone is 2. The Hall–Kier alpha value is -1.04. The SMILES string of the molecule is C.C/C(=C(\C)C(C)C)C(C)C.CC(C)C(C)CC(C)C(C)C.Cc1cc(C(C)C)c(C(C)C)cc1C. The Morgan fingerprint density at radius 3 is 0.944 bits per heavy atom. The number of hydrogen-bond donors (Lipinski definition) is 0. The second-order valence-electron chi connectivity index (χ2n) is 13.2. The highest BCUT2D eigenvalue weighted by atomic mass is 14.2. The molecule has 0 aliphatic heterocycles. The second-order valence-corrected chi connectivity index (χ2v) is 13.2. The fourth-order valence-corrected chi connectivity index (χ4v) is 3.90. The molecule has 2 atom stereocenters. The van der Waals surface area contributed by atoms with Crippen LogP contribution in [-0.4, -0.2) is 0 Å². The number of aryl methyl sites for hydroxylation is 2. The van der Waals surface area contributed by atoms with E-state index < -0.39 is 0 Å². The molecule has 0 aliphatic rings. The molecule has 0 N–H and O–H groups in total.